The topological polar surface area (TPSA) is 59.5 Å². The maximum Gasteiger partial charge on any atom is 0.260 e. The summed E-state index contributed by atoms with van der Waals surface area (Å²) in [5.41, 5.74) is 4.07. The second-order valence-electron chi connectivity index (χ2n) is 5.90. The van der Waals surface area contributed by atoms with Crippen LogP contribution in [0.5, 0.6) is 0 Å². The van der Waals surface area contributed by atoms with E-state index in [1.165, 1.54) is 6.26 Å². The Bertz CT molecular complexity index is 1060. The third-order valence-corrected chi connectivity index (χ3v) is 4.23. The first-order valence-electron chi connectivity index (χ1n) is 8.03. The van der Waals surface area contributed by atoms with Gasteiger partial charge in [-0.3, -0.25) is 9.20 Å². The lowest BCUT2D eigenvalue weighted by Crippen LogP contribution is -2.14. The average molecular weight is 331 g/mol. The third kappa shape index (κ3) is 2.59. The van der Waals surface area contributed by atoms with E-state index in [1.54, 1.807) is 13.0 Å². The summed E-state index contributed by atoms with van der Waals surface area (Å²) in [5.74, 6) is 1.02. The molecule has 4 aromatic rings. The van der Waals surface area contributed by atoms with E-state index in [0.717, 1.165) is 22.5 Å². The number of nitrogens with zero attached hydrogens (tertiary/aromatic N) is 2. The van der Waals surface area contributed by atoms with Gasteiger partial charge in [-0.15, -0.1) is 0 Å². The Balaban J connectivity index is 1.88. The van der Waals surface area contributed by atoms with Crippen LogP contribution in [-0.2, 0) is 0 Å². The molecule has 3 aromatic heterocycles. The smallest absolute Gasteiger partial charge is 0.260 e. The zero-order chi connectivity index (χ0) is 17.4. The lowest BCUT2D eigenvalue weighted by Gasteiger charge is -2.07. The van der Waals surface area contributed by atoms with Crippen molar-refractivity contribution in [2.75, 3.05) is 5.32 Å². The molecule has 124 valence electrons. The molecule has 0 atom stereocenters. The number of imidazole rings is 1. The summed E-state index contributed by atoms with van der Waals surface area (Å²) in [6, 6.07) is 15.4. The van der Waals surface area contributed by atoms with Gasteiger partial charge in [0.05, 0.1) is 11.8 Å². The number of carbonyl (C=O) groups is 1. The summed E-state index contributed by atoms with van der Waals surface area (Å²) in [6.07, 6.45) is 3.42. The van der Waals surface area contributed by atoms with Gasteiger partial charge in [-0.2, -0.15) is 0 Å². The molecular weight excluding hydrogens is 314 g/mol. The van der Waals surface area contributed by atoms with Crippen LogP contribution in [0.4, 0.5) is 5.82 Å². The Kier molecular flexibility index (Phi) is 3.61. The summed E-state index contributed by atoms with van der Waals surface area (Å²) in [4.78, 5) is 17.5. The third-order valence-electron chi connectivity index (χ3n) is 4.23. The van der Waals surface area contributed by atoms with Crippen LogP contribution in [0.15, 0.2) is 65.4 Å². The molecule has 0 saturated heterocycles. The van der Waals surface area contributed by atoms with Crippen molar-refractivity contribution in [3.05, 3.63) is 77.9 Å². The number of aryl methyl sites for hydroxylation is 2. The van der Waals surface area contributed by atoms with Crippen molar-refractivity contribution < 1.29 is 9.21 Å². The lowest BCUT2D eigenvalue weighted by molar-refractivity contribution is 0.102. The van der Waals surface area contributed by atoms with Crippen LogP contribution < -0.4 is 5.32 Å². The van der Waals surface area contributed by atoms with E-state index in [-0.39, 0.29) is 5.91 Å². The number of furan rings is 1. The Morgan fingerprint density at radius 1 is 1.08 bits per heavy atom. The van der Waals surface area contributed by atoms with Crippen LogP contribution in [0.2, 0.25) is 0 Å². The molecule has 25 heavy (non-hydrogen) atoms. The standard InChI is InChI=1S/C20H17N3O2/c1-13-7-6-11-23-18(13)21-17(15-8-4-3-5-9-15)19(23)22-20(24)16-10-12-25-14(16)2/h3-12H,1-2H3,(H,22,24). The number of benzene rings is 1. The number of aromatic nitrogens is 2. The average Bonchev–Trinajstić information content (AvgIpc) is 3.21. The summed E-state index contributed by atoms with van der Waals surface area (Å²) in [5, 5.41) is 3.00. The molecule has 3 heterocycles. The number of rotatable bonds is 3. The van der Waals surface area contributed by atoms with Crippen LogP contribution in [0.25, 0.3) is 16.9 Å². The predicted molar refractivity (Wildman–Crippen MR) is 96.8 cm³/mol. The van der Waals surface area contributed by atoms with E-state index in [2.05, 4.69) is 5.32 Å². The van der Waals surface area contributed by atoms with Gasteiger partial charge >= 0.3 is 0 Å². The largest absolute Gasteiger partial charge is 0.469 e. The number of anilines is 1. The molecular formula is C20H17N3O2. The van der Waals surface area contributed by atoms with Crippen molar-refractivity contribution in [3.63, 3.8) is 0 Å². The maximum absolute atomic E-state index is 12.7. The Hall–Kier alpha value is -3.34. The van der Waals surface area contributed by atoms with Gasteiger partial charge in [0, 0.05) is 11.8 Å². The number of nitrogens with one attached hydrogen (secondary N) is 1. The first-order chi connectivity index (χ1) is 12.1. The molecule has 1 aromatic carbocycles. The van der Waals surface area contributed by atoms with E-state index in [4.69, 9.17) is 9.40 Å². The highest BCUT2D eigenvalue weighted by molar-refractivity contribution is 6.06. The highest BCUT2D eigenvalue weighted by atomic mass is 16.3. The normalized spacial score (nSPS) is 11.0. The Morgan fingerprint density at radius 2 is 1.88 bits per heavy atom. The minimum absolute atomic E-state index is 0.216. The van der Waals surface area contributed by atoms with Gasteiger partial charge in [0.2, 0.25) is 0 Å². The van der Waals surface area contributed by atoms with Gasteiger partial charge < -0.3 is 9.73 Å². The van der Waals surface area contributed by atoms with E-state index in [0.29, 0.717) is 17.1 Å². The Labute approximate surface area is 144 Å². The fourth-order valence-electron chi connectivity index (χ4n) is 2.92. The number of hydrogen-bond donors (Lipinski definition) is 1. The van der Waals surface area contributed by atoms with Crippen molar-refractivity contribution in [1.29, 1.82) is 0 Å². The molecule has 5 nitrogen and oxygen atoms in total. The minimum Gasteiger partial charge on any atom is -0.469 e. The zero-order valence-corrected chi connectivity index (χ0v) is 14.0. The second kappa shape index (κ2) is 5.94. The quantitative estimate of drug-likeness (QED) is 0.603. The molecule has 0 spiro atoms. The van der Waals surface area contributed by atoms with Crippen molar-refractivity contribution in [3.8, 4) is 11.3 Å². The summed E-state index contributed by atoms with van der Waals surface area (Å²) >= 11 is 0. The van der Waals surface area contributed by atoms with Crippen LogP contribution in [0.3, 0.4) is 0 Å². The van der Waals surface area contributed by atoms with Gasteiger partial charge in [0.15, 0.2) is 0 Å². The van der Waals surface area contributed by atoms with Crippen LogP contribution in [0.1, 0.15) is 21.7 Å². The predicted octanol–water partition coefficient (Wildman–Crippen LogP) is 4.46. The molecule has 1 N–H and O–H groups in total. The van der Waals surface area contributed by atoms with Crippen LogP contribution in [-0.4, -0.2) is 15.3 Å². The van der Waals surface area contributed by atoms with Crippen molar-refractivity contribution in [2.45, 2.75) is 13.8 Å². The van der Waals surface area contributed by atoms with Crippen molar-refractivity contribution in [1.82, 2.24) is 9.38 Å². The Morgan fingerprint density at radius 3 is 2.60 bits per heavy atom. The maximum atomic E-state index is 12.7. The number of amides is 1. The minimum atomic E-state index is -0.216. The van der Waals surface area contributed by atoms with Gasteiger partial charge in [-0.05, 0) is 31.5 Å². The highest BCUT2D eigenvalue weighted by Gasteiger charge is 2.19. The molecule has 0 fully saturated rings. The SMILES string of the molecule is Cc1occc1C(=O)Nc1c(-c2ccccc2)nc2c(C)cccn12. The zero-order valence-electron chi connectivity index (χ0n) is 14.0. The van der Waals surface area contributed by atoms with Gasteiger partial charge in [0.25, 0.3) is 5.91 Å². The first kappa shape index (κ1) is 15.2. The van der Waals surface area contributed by atoms with E-state index >= 15 is 0 Å². The van der Waals surface area contributed by atoms with Gasteiger partial charge in [0.1, 0.15) is 22.9 Å². The lowest BCUT2D eigenvalue weighted by atomic mass is 10.1. The summed E-state index contributed by atoms with van der Waals surface area (Å²) < 4.78 is 7.15. The van der Waals surface area contributed by atoms with Gasteiger partial charge in [-0.1, -0.05) is 36.4 Å². The van der Waals surface area contributed by atoms with Gasteiger partial charge in [-0.25, -0.2) is 4.98 Å². The van der Waals surface area contributed by atoms with E-state index in [1.807, 2.05) is 60.0 Å². The molecule has 5 heteroatoms. The molecule has 0 aliphatic heterocycles. The monoisotopic (exact) mass is 331 g/mol. The number of hydrogen-bond acceptors (Lipinski definition) is 3. The van der Waals surface area contributed by atoms with Crippen molar-refractivity contribution >= 4 is 17.4 Å². The number of fused-ring (bicyclic) bond motifs is 1. The number of pyridine rings is 1. The highest BCUT2D eigenvalue weighted by Crippen LogP contribution is 2.30. The summed E-state index contributed by atoms with van der Waals surface area (Å²) in [7, 11) is 0. The van der Waals surface area contributed by atoms with Crippen molar-refractivity contribution in [2.24, 2.45) is 0 Å². The van der Waals surface area contributed by atoms with Crippen LogP contribution >= 0.6 is 0 Å². The number of carbonyl (C=O) groups excluding carboxylic acids is 1. The molecule has 0 radical (unpaired) electrons. The fourth-order valence-corrected chi connectivity index (χ4v) is 2.92. The molecule has 0 aliphatic carbocycles. The molecule has 0 aliphatic rings. The van der Waals surface area contributed by atoms with E-state index < -0.39 is 0 Å². The molecule has 0 unspecified atom stereocenters. The molecule has 4 rings (SSSR count). The molecule has 1 amide bonds. The first-order valence-corrected chi connectivity index (χ1v) is 8.03. The molecule has 0 bridgehead atoms. The second-order valence-corrected chi connectivity index (χ2v) is 5.90. The van der Waals surface area contributed by atoms with Crippen LogP contribution in [0, 0.1) is 13.8 Å². The van der Waals surface area contributed by atoms with E-state index in [9.17, 15) is 4.79 Å². The summed E-state index contributed by atoms with van der Waals surface area (Å²) in [6.45, 7) is 3.77. The molecule has 0 saturated carbocycles. The fraction of sp³-hybridized carbons (Fsp3) is 0.100.